The molecule has 0 amide bonds. The van der Waals surface area contributed by atoms with Crippen LogP contribution in [0.4, 0.5) is 0 Å². The lowest BCUT2D eigenvalue weighted by Gasteiger charge is -1.92. The predicted molar refractivity (Wildman–Crippen MR) is 62.4 cm³/mol. The fraction of sp³-hybridized carbons (Fsp3) is 0.273. The molecule has 1 rings (SSSR count). The van der Waals surface area contributed by atoms with Crippen molar-refractivity contribution in [1.82, 2.24) is 4.57 Å². The maximum absolute atomic E-state index is 10.3. The third-order valence-corrected chi connectivity index (χ3v) is 1.29. The van der Waals surface area contributed by atoms with Gasteiger partial charge in [0, 0.05) is 5.56 Å². The van der Waals surface area contributed by atoms with E-state index in [1.54, 1.807) is 24.3 Å². The summed E-state index contributed by atoms with van der Waals surface area (Å²) in [5, 5.41) is 10.3. The molecule has 1 radical (unpaired) electrons. The van der Waals surface area contributed by atoms with Crippen molar-refractivity contribution in [2.45, 2.75) is 6.61 Å². The van der Waals surface area contributed by atoms with Gasteiger partial charge in [-0.25, -0.2) is 5.11 Å². The van der Waals surface area contributed by atoms with Crippen molar-refractivity contribution < 1.29 is 5.11 Å². The summed E-state index contributed by atoms with van der Waals surface area (Å²) in [6.45, 7) is -0.176. The van der Waals surface area contributed by atoms with Crippen molar-refractivity contribution in [1.29, 1.82) is 0 Å². The minimum absolute atomic E-state index is 0.176. The third-order valence-electron chi connectivity index (χ3n) is 1.29. The second-order valence-electron chi connectivity index (χ2n) is 3.33. The fourth-order valence-electron chi connectivity index (χ4n) is 0.697. The van der Waals surface area contributed by atoms with Crippen molar-refractivity contribution in [3.8, 4) is 12.3 Å². The Morgan fingerprint density at radius 1 is 1.36 bits per heavy atom. The Hall–Kier alpha value is -1.08. The SMILES string of the molecule is C#Cc1ccc(C[O])cc1.CN(C)[SiH3]. The van der Waals surface area contributed by atoms with E-state index in [2.05, 4.69) is 24.6 Å². The van der Waals surface area contributed by atoms with E-state index in [9.17, 15) is 5.11 Å². The van der Waals surface area contributed by atoms with Gasteiger partial charge in [-0.1, -0.05) is 18.1 Å². The van der Waals surface area contributed by atoms with Crippen LogP contribution >= 0.6 is 0 Å². The molecular formula is C11H16NOSi. The highest BCUT2D eigenvalue weighted by molar-refractivity contribution is 6.03. The largest absolute Gasteiger partial charge is 0.337 e. The lowest BCUT2D eigenvalue weighted by atomic mass is 10.1. The molecule has 0 aliphatic heterocycles. The van der Waals surface area contributed by atoms with Gasteiger partial charge in [0.15, 0.2) is 0 Å². The lowest BCUT2D eigenvalue weighted by Crippen LogP contribution is -2.02. The van der Waals surface area contributed by atoms with Gasteiger partial charge in [0.25, 0.3) is 0 Å². The highest BCUT2D eigenvalue weighted by atomic mass is 28.2. The van der Waals surface area contributed by atoms with Crippen LogP contribution in [0.1, 0.15) is 11.1 Å². The smallest absolute Gasteiger partial charge is 0.107 e. The van der Waals surface area contributed by atoms with Crippen LogP contribution in [-0.4, -0.2) is 29.1 Å². The number of terminal acetylenes is 1. The molecule has 0 spiro atoms. The normalized spacial score (nSPS) is 9.07. The molecule has 0 bridgehead atoms. The van der Waals surface area contributed by atoms with E-state index >= 15 is 0 Å². The first-order valence-corrected chi connectivity index (χ1v) is 5.24. The average Bonchev–Trinajstić information content (AvgIpc) is 2.17. The quantitative estimate of drug-likeness (QED) is 0.483. The Kier molecular flexibility index (Phi) is 6.77. The van der Waals surface area contributed by atoms with Gasteiger partial charge in [-0.05, 0) is 31.8 Å². The highest BCUT2D eigenvalue weighted by Gasteiger charge is 1.88. The van der Waals surface area contributed by atoms with E-state index < -0.39 is 0 Å². The van der Waals surface area contributed by atoms with Crippen molar-refractivity contribution in [3.63, 3.8) is 0 Å². The first-order chi connectivity index (χ1) is 6.60. The Morgan fingerprint density at radius 3 is 2.07 bits per heavy atom. The summed E-state index contributed by atoms with van der Waals surface area (Å²) in [5.74, 6) is 2.48. The monoisotopic (exact) mass is 206 g/mol. The number of rotatable bonds is 1. The maximum atomic E-state index is 10.3. The second-order valence-corrected chi connectivity index (χ2v) is 5.12. The Balaban J connectivity index is 0.000000364. The zero-order valence-electron chi connectivity index (χ0n) is 8.95. The van der Waals surface area contributed by atoms with Crippen LogP contribution < -0.4 is 0 Å². The minimum Gasteiger partial charge on any atom is -0.337 e. The molecule has 0 saturated carbocycles. The summed E-state index contributed by atoms with van der Waals surface area (Å²) in [6.07, 6.45) is 5.11. The van der Waals surface area contributed by atoms with E-state index in [4.69, 9.17) is 6.42 Å². The van der Waals surface area contributed by atoms with Gasteiger partial charge in [0.05, 0.1) is 10.4 Å². The Morgan fingerprint density at radius 2 is 1.79 bits per heavy atom. The second kappa shape index (κ2) is 7.33. The fourth-order valence-corrected chi connectivity index (χ4v) is 0.697. The molecule has 2 nitrogen and oxygen atoms in total. The van der Waals surface area contributed by atoms with Crippen LogP contribution in [0.25, 0.3) is 0 Å². The van der Waals surface area contributed by atoms with Gasteiger partial charge in [-0.3, -0.25) is 0 Å². The van der Waals surface area contributed by atoms with Gasteiger partial charge >= 0.3 is 0 Å². The molecule has 0 fully saturated rings. The first kappa shape index (κ1) is 12.9. The zero-order chi connectivity index (χ0) is 11.0. The van der Waals surface area contributed by atoms with Crippen LogP contribution in [0.3, 0.4) is 0 Å². The van der Waals surface area contributed by atoms with Gasteiger partial charge in [0.1, 0.15) is 6.61 Å². The first-order valence-electron chi connectivity index (χ1n) is 4.34. The average molecular weight is 206 g/mol. The summed E-state index contributed by atoms with van der Waals surface area (Å²) in [4.78, 5) is 0. The van der Waals surface area contributed by atoms with Crippen LogP contribution in [0.5, 0.6) is 0 Å². The molecule has 0 heterocycles. The molecule has 0 aliphatic carbocycles. The summed E-state index contributed by atoms with van der Waals surface area (Å²) >= 11 is 0. The van der Waals surface area contributed by atoms with E-state index in [1.807, 2.05) is 0 Å². The van der Waals surface area contributed by atoms with Gasteiger partial charge < -0.3 is 4.57 Å². The van der Waals surface area contributed by atoms with E-state index in [1.165, 1.54) is 10.4 Å². The molecule has 1 aromatic carbocycles. The van der Waals surface area contributed by atoms with Crippen LogP contribution in [0.2, 0.25) is 0 Å². The zero-order valence-corrected chi connectivity index (χ0v) is 10.9. The molecule has 75 valence electrons. The van der Waals surface area contributed by atoms with Crippen LogP contribution in [0.15, 0.2) is 24.3 Å². The molecule has 0 aliphatic rings. The van der Waals surface area contributed by atoms with Crippen molar-refractivity contribution in [2.24, 2.45) is 0 Å². The molecule has 0 unspecified atom stereocenters. The molecule has 3 heteroatoms. The van der Waals surface area contributed by atoms with E-state index in [0.29, 0.717) is 0 Å². The summed E-state index contributed by atoms with van der Waals surface area (Å²) in [6, 6.07) is 7.05. The molecule has 0 atom stereocenters. The molecular weight excluding hydrogens is 190 g/mol. The Bertz CT molecular complexity index is 284. The number of hydrogen-bond donors (Lipinski definition) is 0. The summed E-state index contributed by atoms with van der Waals surface area (Å²) in [7, 11) is 5.31. The topological polar surface area (TPSA) is 23.1 Å². The molecule has 0 N–H and O–H groups in total. The minimum atomic E-state index is -0.176. The summed E-state index contributed by atoms with van der Waals surface area (Å²) in [5.41, 5.74) is 1.59. The van der Waals surface area contributed by atoms with Crippen molar-refractivity contribution >= 4 is 10.4 Å². The lowest BCUT2D eigenvalue weighted by molar-refractivity contribution is 0.177. The van der Waals surface area contributed by atoms with Crippen LogP contribution in [0, 0.1) is 12.3 Å². The molecule has 1 aromatic rings. The molecule has 0 aromatic heterocycles. The number of nitrogens with zero attached hydrogens (tertiary/aromatic N) is 1. The summed E-state index contributed by atoms with van der Waals surface area (Å²) < 4.78 is 2.14. The predicted octanol–water partition coefficient (Wildman–Crippen LogP) is 0.427. The standard InChI is InChI=1S/C9H7O.C2H9NSi/c1-2-8-3-5-9(7-10)6-4-8;1-3(2)4/h1,3-6H,7H2;1-2,4H3. The number of benzene rings is 1. The van der Waals surface area contributed by atoms with Gasteiger partial charge in [0.2, 0.25) is 0 Å². The number of hydrogen-bond acceptors (Lipinski definition) is 1. The van der Waals surface area contributed by atoms with E-state index in [-0.39, 0.29) is 6.61 Å². The Labute approximate surface area is 89.1 Å². The van der Waals surface area contributed by atoms with Gasteiger partial charge in [-0.2, -0.15) is 0 Å². The maximum Gasteiger partial charge on any atom is 0.107 e. The molecule has 0 saturated heterocycles. The molecule has 14 heavy (non-hydrogen) atoms. The van der Waals surface area contributed by atoms with Crippen LogP contribution in [-0.2, 0) is 11.7 Å². The van der Waals surface area contributed by atoms with Crippen molar-refractivity contribution in [2.75, 3.05) is 14.1 Å². The van der Waals surface area contributed by atoms with Crippen molar-refractivity contribution in [3.05, 3.63) is 35.4 Å². The van der Waals surface area contributed by atoms with E-state index in [0.717, 1.165) is 11.1 Å². The van der Waals surface area contributed by atoms with Gasteiger partial charge in [-0.15, -0.1) is 6.42 Å². The third kappa shape index (κ3) is 6.43. The highest BCUT2D eigenvalue weighted by Crippen LogP contribution is 2.02.